The zero-order valence-corrected chi connectivity index (χ0v) is 8.01. The second-order valence-electron chi connectivity index (χ2n) is 3.35. The molecule has 1 aromatic carbocycles. The molecule has 0 fully saturated rings. The Morgan fingerprint density at radius 3 is 2.27 bits per heavy atom. The Morgan fingerprint density at radius 1 is 1.13 bits per heavy atom. The molecule has 15 heavy (non-hydrogen) atoms. The summed E-state index contributed by atoms with van der Waals surface area (Å²) in [5, 5.41) is 8.83. The second-order valence-corrected chi connectivity index (χ2v) is 3.35. The van der Waals surface area contributed by atoms with E-state index < -0.39 is 17.5 Å². The largest absolute Gasteiger partial charge is 0.396 e. The highest BCUT2D eigenvalue weighted by molar-refractivity contribution is 5.20. The average Bonchev–Trinajstić information content (AvgIpc) is 2.21. The van der Waals surface area contributed by atoms with Crippen molar-refractivity contribution in [3.8, 4) is 0 Å². The normalized spacial score (nSPS) is 12.9. The monoisotopic (exact) mass is 219 g/mol. The summed E-state index contributed by atoms with van der Waals surface area (Å²) in [6.45, 7) is -0.0517. The van der Waals surface area contributed by atoms with Crippen molar-refractivity contribution in [2.75, 3.05) is 13.2 Å². The number of benzene rings is 1. The van der Waals surface area contributed by atoms with Crippen molar-refractivity contribution in [2.24, 2.45) is 11.7 Å². The molecule has 1 atom stereocenters. The fraction of sp³-hybridized carbons (Fsp3) is 0.400. The number of aliphatic hydroxyl groups excluding tert-OH is 1. The molecule has 5 heteroatoms. The fourth-order valence-electron chi connectivity index (χ4n) is 1.25. The highest BCUT2D eigenvalue weighted by Crippen LogP contribution is 2.16. The van der Waals surface area contributed by atoms with Crippen molar-refractivity contribution < 1.29 is 18.3 Å². The van der Waals surface area contributed by atoms with Gasteiger partial charge in [-0.15, -0.1) is 0 Å². The molecule has 0 saturated carbocycles. The van der Waals surface area contributed by atoms with E-state index in [9.17, 15) is 13.2 Å². The molecule has 0 aromatic heterocycles. The summed E-state index contributed by atoms with van der Waals surface area (Å²) >= 11 is 0. The molecule has 1 rings (SSSR count). The molecule has 0 amide bonds. The maximum absolute atomic E-state index is 13.1. The van der Waals surface area contributed by atoms with Gasteiger partial charge in [-0.3, -0.25) is 0 Å². The van der Waals surface area contributed by atoms with Gasteiger partial charge in [-0.1, -0.05) is 0 Å². The van der Waals surface area contributed by atoms with Crippen LogP contribution in [0.3, 0.4) is 0 Å². The van der Waals surface area contributed by atoms with Crippen LogP contribution in [0.25, 0.3) is 0 Å². The van der Waals surface area contributed by atoms with Crippen LogP contribution in [-0.2, 0) is 6.42 Å². The van der Waals surface area contributed by atoms with Gasteiger partial charge in [0.25, 0.3) is 0 Å². The molecule has 0 radical (unpaired) electrons. The standard InChI is InChI=1S/C10H12F3NO/c11-8-3-10(13)9(12)2-7(8)1-6(4-14)5-15/h2-3,6,15H,1,4-5,14H2. The molecule has 2 nitrogen and oxygen atoms in total. The van der Waals surface area contributed by atoms with Gasteiger partial charge in [0, 0.05) is 12.7 Å². The summed E-state index contributed by atoms with van der Waals surface area (Å²) < 4.78 is 38.5. The third-order valence-corrected chi connectivity index (χ3v) is 2.19. The summed E-state index contributed by atoms with van der Waals surface area (Å²) in [6.07, 6.45) is 0.0933. The predicted molar refractivity (Wildman–Crippen MR) is 49.7 cm³/mol. The molecular weight excluding hydrogens is 207 g/mol. The maximum Gasteiger partial charge on any atom is 0.161 e. The first-order valence-corrected chi connectivity index (χ1v) is 4.52. The van der Waals surface area contributed by atoms with E-state index in [0.717, 1.165) is 6.07 Å². The van der Waals surface area contributed by atoms with Gasteiger partial charge in [-0.05, 0) is 30.5 Å². The molecule has 0 saturated heterocycles. The van der Waals surface area contributed by atoms with Crippen LogP contribution in [0.1, 0.15) is 5.56 Å². The SMILES string of the molecule is NCC(CO)Cc1cc(F)c(F)cc1F. The molecule has 0 heterocycles. The van der Waals surface area contributed by atoms with Crippen molar-refractivity contribution in [1.29, 1.82) is 0 Å². The van der Waals surface area contributed by atoms with Crippen LogP contribution in [0.5, 0.6) is 0 Å². The van der Waals surface area contributed by atoms with Gasteiger partial charge in [0.05, 0.1) is 0 Å². The lowest BCUT2D eigenvalue weighted by atomic mass is 9.99. The Kier molecular flexibility index (Phi) is 4.11. The molecule has 1 unspecified atom stereocenters. The van der Waals surface area contributed by atoms with Crippen LogP contribution in [0.4, 0.5) is 13.2 Å². The van der Waals surface area contributed by atoms with Crippen LogP contribution in [-0.4, -0.2) is 18.3 Å². The number of rotatable bonds is 4. The lowest BCUT2D eigenvalue weighted by molar-refractivity contribution is 0.228. The van der Waals surface area contributed by atoms with Crippen LogP contribution in [0.15, 0.2) is 12.1 Å². The van der Waals surface area contributed by atoms with Crippen molar-refractivity contribution >= 4 is 0 Å². The first-order valence-electron chi connectivity index (χ1n) is 4.52. The van der Waals surface area contributed by atoms with E-state index >= 15 is 0 Å². The topological polar surface area (TPSA) is 46.2 Å². The minimum Gasteiger partial charge on any atom is -0.396 e. The molecule has 3 N–H and O–H groups in total. The number of hydrogen-bond donors (Lipinski definition) is 2. The zero-order chi connectivity index (χ0) is 11.4. The van der Waals surface area contributed by atoms with E-state index in [1.54, 1.807) is 0 Å². The summed E-state index contributed by atoms with van der Waals surface area (Å²) in [7, 11) is 0. The molecule has 84 valence electrons. The van der Waals surface area contributed by atoms with Crippen molar-refractivity contribution in [2.45, 2.75) is 6.42 Å². The van der Waals surface area contributed by atoms with Crippen molar-refractivity contribution in [1.82, 2.24) is 0 Å². The second kappa shape index (κ2) is 5.14. The predicted octanol–water partition coefficient (Wildman–Crippen LogP) is 1.21. The average molecular weight is 219 g/mol. The quantitative estimate of drug-likeness (QED) is 0.748. The van der Waals surface area contributed by atoms with Crippen LogP contribution in [0, 0.1) is 23.4 Å². The molecule has 0 aliphatic carbocycles. The third-order valence-electron chi connectivity index (χ3n) is 2.19. The zero-order valence-electron chi connectivity index (χ0n) is 8.01. The van der Waals surface area contributed by atoms with E-state index in [1.165, 1.54) is 0 Å². The highest BCUT2D eigenvalue weighted by atomic mass is 19.2. The van der Waals surface area contributed by atoms with Gasteiger partial charge in [-0.2, -0.15) is 0 Å². The minimum atomic E-state index is -1.22. The van der Waals surface area contributed by atoms with Crippen LogP contribution in [0.2, 0.25) is 0 Å². The Bertz CT molecular complexity index is 340. The molecule has 0 bridgehead atoms. The van der Waals surface area contributed by atoms with Gasteiger partial charge in [0.2, 0.25) is 0 Å². The lowest BCUT2D eigenvalue weighted by Crippen LogP contribution is -2.21. The van der Waals surface area contributed by atoms with E-state index in [1.807, 2.05) is 0 Å². The maximum atomic E-state index is 13.1. The number of halogens is 3. The Labute approximate surface area is 85.5 Å². The highest BCUT2D eigenvalue weighted by Gasteiger charge is 2.13. The molecule has 0 aliphatic rings. The number of aliphatic hydroxyl groups is 1. The Balaban J connectivity index is 2.89. The van der Waals surface area contributed by atoms with Gasteiger partial charge in [0.15, 0.2) is 11.6 Å². The van der Waals surface area contributed by atoms with Crippen molar-refractivity contribution in [3.63, 3.8) is 0 Å². The van der Waals surface area contributed by atoms with Crippen LogP contribution < -0.4 is 5.73 Å². The van der Waals surface area contributed by atoms with Gasteiger partial charge < -0.3 is 10.8 Å². The summed E-state index contributed by atoms with van der Waals surface area (Å²) in [5.74, 6) is -3.48. The molecule has 1 aromatic rings. The van der Waals surface area contributed by atoms with Crippen LogP contribution >= 0.6 is 0 Å². The van der Waals surface area contributed by atoms with Gasteiger partial charge >= 0.3 is 0 Å². The fourth-order valence-corrected chi connectivity index (χ4v) is 1.25. The smallest absolute Gasteiger partial charge is 0.161 e. The van der Waals surface area contributed by atoms with Gasteiger partial charge in [-0.25, -0.2) is 13.2 Å². The molecule has 0 spiro atoms. The van der Waals surface area contributed by atoms with E-state index in [0.29, 0.717) is 6.07 Å². The van der Waals surface area contributed by atoms with Gasteiger partial charge in [0.1, 0.15) is 5.82 Å². The summed E-state index contributed by atoms with van der Waals surface area (Å²) in [4.78, 5) is 0. The lowest BCUT2D eigenvalue weighted by Gasteiger charge is -2.12. The van der Waals surface area contributed by atoms with Crippen molar-refractivity contribution in [3.05, 3.63) is 35.1 Å². The van der Waals surface area contributed by atoms with E-state index in [4.69, 9.17) is 10.8 Å². The van der Waals surface area contributed by atoms with E-state index in [-0.39, 0.29) is 31.1 Å². The van der Waals surface area contributed by atoms with E-state index in [2.05, 4.69) is 0 Å². The first kappa shape index (κ1) is 12.0. The third kappa shape index (κ3) is 2.94. The minimum absolute atomic E-state index is 0.0263. The number of nitrogens with two attached hydrogens (primary N) is 1. The first-order chi connectivity index (χ1) is 7.08. The molecule has 0 aliphatic heterocycles. The summed E-state index contributed by atoms with van der Waals surface area (Å²) in [6, 6.07) is 1.29. The number of hydrogen-bond acceptors (Lipinski definition) is 2. The Morgan fingerprint density at radius 2 is 1.73 bits per heavy atom. The Hall–Kier alpha value is -1.07. The summed E-state index contributed by atoms with van der Waals surface area (Å²) in [5.41, 5.74) is 5.33. The molecular formula is C10H12F3NO.